The van der Waals surface area contributed by atoms with Gasteiger partial charge in [0.15, 0.2) is 9.84 Å². The van der Waals surface area contributed by atoms with E-state index in [9.17, 15) is 16.8 Å². The number of nitrogens with one attached hydrogen (secondary N) is 2. The molecular formula is C9H20N2O4S2. The molecule has 1 aliphatic rings. The Bertz CT molecular complexity index is 444. The summed E-state index contributed by atoms with van der Waals surface area (Å²) in [5.41, 5.74) is 0. The Morgan fingerprint density at radius 1 is 1.41 bits per heavy atom. The summed E-state index contributed by atoms with van der Waals surface area (Å²) in [5, 5.41) is 2.22. The number of sulfone groups is 1. The molecule has 0 aromatic rings. The molecule has 0 spiro atoms. The summed E-state index contributed by atoms with van der Waals surface area (Å²) in [4.78, 5) is 0. The molecule has 0 aromatic heterocycles. The van der Waals surface area contributed by atoms with E-state index in [4.69, 9.17) is 0 Å². The molecule has 2 atom stereocenters. The van der Waals surface area contributed by atoms with Crippen molar-refractivity contribution in [1.82, 2.24) is 10.0 Å². The molecule has 1 heterocycles. The first-order chi connectivity index (χ1) is 7.77. The minimum absolute atomic E-state index is 0.0848. The number of hydrogen-bond acceptors (Lipinski definition) is 5. The fourth-order valence-electron chi connectivity index (χ4n) is 1.86. The molecule has 0 aromatic carbocycles. The van der Waals surface area contributed by atoms with Crippen LogP contribution in [0, 0.1) is 0 Å². The van der Waals surface area contributed by atoms with Gasteiger partial charge in [-0.3, -0.25) is 0 Å². The molecule has 1 aliphatic heterocycles. The Hall–Kier alpha value is -0.180. The summed E-state index contributed by atoms with van der Waals surface area (Å²) in [6.07, 6.45) is 1.11. The summed E-state index contributed by atoms with van der Waals surface area (Å²) < 4.78 is 49.0. The summed E-state index contributed by atoms with van der Waals surface area (Å²) in [6.45, 7) is 1.94. The minimum atomic E-state index is -3.45. The van der Waals surface area contributed by atoms with Crippen molar-refractivity contribution in [3.8, 4) is 0 Å². The van der Waals surface area contributed by atoms with E-state index in [0.717, 1.165) is 0 Å². The molecule has 0 radical (unpaired) electrons. The summed E-state index contributed by atoms with van der Waals surface area (Å²) in [5.74, 6) is 0.0792. The lowest BCUT2D eigenvalue weighted by molar-refractivity contribution is 0.510. The van der Waals surface area contributed by atoms with Gasteiger partial charge in [0.25, 0.3) is 0 Å². The predicted molar refractivity (Wildman–Crippen MR) is 67.1 cm³/mol. The Kier molecular flexibility index (Phi) is 4.94. The molecule has 8 heteroatoms. The van der Waals surface area contributed by atoms with Crippen LogP contribution in [0.15, 0.2) is 0 Å². The molecule has 1 rings (SSSR count). The van der Waals surface area contributed by atoms with E-state index in [2.05, 4.69) is 10.0 Å². The Morgan fingerprint density at radius 3 is 2.59 bits per heavy atom. The van der Waals surface area contributed by atoms with Crippen LogP contribution in [0.4, 0.5) is 0 Å². The summed E-state index contributed by atoms with van der Waals surface area (Å²) in [7, 11) is -4.86. The van der Waals surface area contributed by atoms with E-state index in [1.165, 1.54) is 0 Å². The van der Waals surface area contributed by atoms with E-state index in [1.807, 2.05) is 0 Å². The summed E-state index contributed by atoms with van der Waals surface area (Å²) in [6, 6.07) is -0.474. The van der Waals surface area contributed by atoms with Crippen molar-refractivity contribution in [3.63, 3.8) is 0 Å². The van der Waals surface area contributed by atoms with Crippen LogP contribution in [-0.4, -0.2) is 53.2 Å². The van der Waals surface area contributed by atoms with Gasteiger partial charge in [0.05, 0.1) is 16.8 Å². The first kappa shape index (κ1) is 14.9. The Labute approximate surface area is 103 Å². The zero-order valence-corrected chi connectivity index (χ0v) is 11.8. The van der Waals surface area contributed by atoms with Gasteiger partial charge in [-0.15, -0.1) is 0 Å². The second-order valence-corrected chi connectivity index (χ2v) is 8.84. The number of hydrogen-bond donors (Lipinski definition) is 2. The van der Waals surface area contributed by atoms with Gasteiger partial charge in [-0.05, 0) is 26.8 Å². The van der Waals surface area contributed by atoms with E-state index in [-0.39, 0.29) is 11.5 Å². The maximum Gasteiger partial charge on any atom is 0.215 e. The zero-order valence-electron chi connectivity index (χ0n) is 10.1. The fraction of sp³-hybridized carbons (Fsp3) is 1.00. The van der Waals surface area contributed by atoms with Crippen LogP contribution in [0.25, 0.3) is 0 Å². The topological polar surface area (TPSA) is 92.3 Å². The number of sulfonamides is 1. The molecule has 1 fully saturated rings. The van der Waals surface area contributed by atoms with Gasteiger partial charge in [0.1, 0.15) is 0 Å². The van der Waals surface area contributed by atoms with Gasteiger partial charge in [-0.1, -0.05) is 0 Å². The molecule has 2 N–H and O–H groups in total. The average molecular weight is 284 g/mol. The van der Waals surface area contributed by atoms with Gasteiger partial charge in [0, 0.05) is 12.6 Å². The largest absolute Gasteiger partial charge is 0.318 e. The van der Waals surface area contributed by atoms with Crippen molar-refractivity contribution < 1.29 is 16.8 Å². The molecule has 0 aliphatic carbocycles. The monoisotopic (exact) mass is 284 g/mol. The molecule has 1 saturated heterocycles. The highest BCUT2D eigenvalue weighted by molar-refractivity contribution is 7.91. The van der Waals surface area contributed by atoms with Gasteiger partial charge in [0.2, 0.25) is 10.0 Å². The number of rotatable bonds is 5. The van der Waals surface area contributed by atoms with E-state index in [1.54, 1.807) is 14.0 Å². The average Bonchev–Trinajstić information content (AvgIpc) is 2.15. The molecule has 102 valence electrons. The van der Waals surface area contributed by atoms with Crippen LogP contribution in [0.1, 0.15) is 19.8 Å². The molecule has 0 amide bonds. The Morgan fingerprint density at radius 2 is 2.06 bits per heavy atom. The lowest BCUT2D eigenvalue weighted by Crippen LogP contribution is -2.47. The van der Waals surface area contributed by atoms with E-state index >= 15 is 0 Å². The van der Waals surface area contributed by atoms with Crippen LogP contribution >= 0.6 is 0 Å². The molecule has 17 heavy (non-hydrogen) atoms. The standard InChI is InChI=1S/C9H20N2O4S2/c1-8(6-10-2)17(14,15)11-9-4-3-5-16(12,13)7-9/h8-11H,3-7H2,1-2H3. The lowest BCUT2D eigenvalue weighted by Gasteiger charge is -2.24. The van der Waals surface area contributed by atoms with Crippen molar-refractivity contribution in [1.29, 1.82) is 0 Å². The SMILES string of the molecule is CNCC(C)S(=O)(=O)NC1CCCS(=O)(=O)C1. The van der Waals surface area contributed by atoms with Crippen LogP contribution in [-0.2, 0) is 19.9 Å². The maximum atomic E-state index is 11.9. The third-order valence-corrected chi connectivity index (χ3v) is 6.52. The highest BCUT2D eigenvalue weighted by Crippen LogP contribution is 2.13. The van der Waals surface area contributed by atoms with Crippen LogP contribution in [0.2, 0.25) is 0 Å². The molecule has 6 nitrogen and oxygen atoms in total. The quantitative estimate of drug-likeness (QED) is 0.682. The van der Waals surface area contributed by atoms with Crippen LogP contribution < -0.4 is 10.0 Å². The second kappa shape index (κ2) is 5.64. The van der Waals surface area contributed by atoms with Gasteiger partial charge < -0.3 is 5.32 Å². The van der Waals surface area contributed by atoms with Gasteiger partial charge in [-0.2, -0.15) is 0 Å². The van der Waals surface area contributed by atoms with E-state index in [0.29, 0.717) is 19.4 Å². The van der Waals surface area contributed by atoms with Crippen LogP contribution in [0.5, 0.6) is 0 Å². The third-order valence-electron chi connectivity index (χ3n) is 2.82. The fourth-order valence-corrected chi connectivity index (χ4v) is 4.89. The first-order valence-corrected chi connectivity index (χ1v) is 9.00. The molecular weight excluding hydrogens is 264 g/mol. The van der Waals surface area contributed by atoms with Crippen molar-refractivity contribution in [2.75, 3.05) is 25.1 Å². The van der Waals surface area contributed by atoms with Crippen LogP contribution in [0.3, 0.4) is 0 Å². The second-order valence-electron chi connectivity index (χ2n) is 4.48. The highest BCUT2D eigenvalue weighted by atomic mass is 32.2. The molecule has 2 unspecified atom stereocenters. The molecule has 0 saturated carbocycles. The van der Waals surface area contributed by atoms with Crippen molar-refractivity contribution in [2.24, 2.45) is 0 Å². The minimum Gasteiger partial charge on any atom is -0.318 e. The third kappa shape index (κ3) is 4.53. The Balaban J connectivity index is 2.65. The van der Waals surface area contributed by atoms with Crippen molar-refractivity contribution >= 4 is 19.9 Å². The molecule has 0 bridgehead atoms. The zero-order chi connectivity index (χ0) is 13.1. The predicted octanol–water partition coefficient (Wildman–Crippen LogP) is -0.909. The smallest absolute Gasteiger partial charge is 0.215 e. The van der Waals surface area contributed by atoms with Crippen molar-refractivity contribution in [3.05, 3.63) is 0 Å². The highest BCUT2D eigenvalue weighted by Gasteiger charge is 2.30. The van der Waals surface area contributed by atoms with Gasteiger partial charge in [-0.25, -0.2) is 21.6 Å². The lowest BCUT2D eigenvalue weighted by atomic mass is 10.2. The summed E-state index contributed by atoms with van der Waals surface area (Å²) >= 11 is 0. The first-order valence-electron chi connectivity index (χ1n) is 5.63. The maximum absolute atomic E-state index is 11.9. The van der Waals surface area contributed by atoms with Gasteiger partial charge >= 0.3 is 0 Å². The van der Waals surface area contributed by atoms with E-state index < -0.39 is 31.2 Å². The van der Waals surface area contributed by atoms with Crippen molar-refractivity contribution in [2.45, 2.75) is 31.1 Å². The normalized spacial score (nSPS) is 26.6.